The van der Waals surface area contributed by atoms with Gasteiger partial charge in [-0.15, -0.1) is 24.0 Å². The Kier molecular flexibility index (Phi) is 5.49. The molecule has 3 heteroatoms. The molecule has 0 saturated carbocycles. The lowest BCUT2D eigenvalue weighted by Gasteiger charge is -2.20. The Morgan fingerprint density at radius 2 is 1.43 bits per heavy atom. The van der Waals surface area contributed by atoms with Crippen molar-refractivity contribution in [2.24, 2.45) is 5.73 Å². The second-order valence-corrected chi connectivity index (χ2v) is 2.47. The molecule has 46 valence electrons. The zero-order chi connectivity index (χ0) is 5.21. The maximum absolute atomic E-state index is 5.28. The van der Waals surface area contributed by atoms with Gasteiger partial charge in [0.1, 0.15) is 6.67 Å². The fraction of sp³-hybridized carbons (Fsp3) is 1.00. The summed E-state index contributed by atoms with van der Waals surface area (Å²) in [5.41, 5.74) is 5.28. The molecule has 0 rings (SSSR count). The molecule has 2 nitrogen and oxygen atoms in total. The van der Waals surface area contributed by atoms with Gasteiger partial charge < -0.3 is 4.48 Å². The average molecular weight is 217 g/mol. The zero-order valence-electron chi connectivity index (χ0n) is 5.14. The van der Waals surface area contributed by atoms with Crippen molar-refractivity contribution in [2.45, 2.75) is 0 Å². The van der Waals surface area contributed by atoms with Gasteiger partial charge >= 0.3 is 0 Å². The van der Waals surface area contributed by atoms with Crippen LogP contribution < -0.4 is 5.73 Å². The van der Waals surface area contributed by atoms with Crippen LogP contribution in [0.2, 0.25) is 0 Å². The summed E-state index contributed by atoms with van der Waals surface area (Å²) < 4.78 is 0.847. The van der Waals surface area contributed by atoms with Crippen LogP contribution >= 0.6 is 24.0 Å². The molecule has 0 radical (unpaired) electrons. The summed E-state index contributed by atoms with van der Waals surface area (Å²) >= 11 is 0. The van der Waals surface area contributed by atoms with E-state index >= 15 is 0 Å². The van der Waals surface area contributed by atoms with E-state index in [4.69, 9.17) is 5.73 Å². The van der Waals surface area contributed by atoms with Crippen molar-refractivity contribution < 1.29 is 4.48 Å². The van der Waals surface area contributed by atoms with E-state index in [0.717, 1.165) is 4.48 Å². The quantitative estimate of drug-likeness (QED) is 0.379. The molecule has 0 saturated heterocycles. The van der Waals surface area contributed by atoms with Gasteiger partial charge in [0, 0.05) is 0 Å². The fourth-order valence-electron chi connectivity index (χ4n) is 0. The zero-order valence-corrected chi connectivity index (χ0v) is 7.47. The first-order valence-corrected chi connectivity index (χ1v) is 2.07. The highest BCUT2D eigenvalue weighted by Crippen LogP contribution is 1.79. The number of nitrogens with two attached hydrogens (primary N) is 1. The molecule has 0 aliphatic heterocycles. The molecule has 0 spiro atoms. The highest BCUT2D eigenvalue weighted by molar-refractivity contribution is 14.0. The first-order valence-electron chi connectivity index (χ1n) is 2.07. The molecule has 0 heterocycles. The van der Waals surface area contributed by atoms with Gasteiger partial charge in [-0.1, -0.05) is 0 Å². The molecule has 0 bridgehead atoms. The number of hydrogen-bond acceptors (Lipinski definition) is 1. The van der Waals surface area contributed by atoms with Crippen LogP contribution in [0, 0.1) is 0 Å². The minimum absolute atomic E-state index is 0. The van der Waals surface area contributed by atoms with Gasteiger partial charge in [-0.3, -0.25) is 5.73 Å². The van der Waals surface area contributed by atoms with E-state index in [9.17, 15) is 0 Å². The molecular formula is C4H14IN2+. The van der Waals surface area contributed by atoms with Crippen molar-refractivity contribution in [2.75, 3.05) is 27.8 Å². The predicted octanol–water partition coefficient (Wildman–Crippen LogP) is 0.227. The van der Waals surface area contributed by atoms with Crippen LogP contribution in [0.15, 0.2) is 0 Å². The van der Waals surface area contributed by atoms with Crippen molar-refractivity contribution in [1.29, 1.82) is 0 Å². The molecule has 0 aliphatic carbocycles. The van der Waals surface area contributed by atoms with Crippen molar-refractivity contribution in [3.05, 3.63) is 0 Å². The number of rotatable bonds is 1. The minimum Gasteiger partial charge on any atom is -0.319 e. The van der Waals surface area contributed by atoms with Gasteiger partial charge in [-0.05, 0) is 0 Å². The first-order chi connectivity index (χ1) is 2.56. The maximum Gasteiger partial charge on any atom is 0.129 e. The second kappa shape index (κ2) is 3.63. The molecule has 0 amide bonds. The summed E-state index contributed by atoms with van der Waals surface area (Å²) in [6.07, 6.45) is 0. The summed E-state index contributed by atoms with van der Waals surface area (Å²) in [4.78, 5) is 0. The standard InChI is InChI=1S/C4H13N2.HI/c1-6(2,3)4-5;/h4-5H2,1-3H3;1H/q+1;. The lowest BCUT2D eigenvalue weighted by molar-refractivity contribution is -0.870. The second-order valence-electron chi connectivity index (χ2n) is 2.47. The van der Waals surface area contributed by atoms with Crippen LogP contribution in [0.5, 0.6) is 0 Å². The normalized spacial score (nSPS) is 10.3. The van der Waals surface area contributed by atoms with Gasteiger partial charge in [0.05, 0.1) is 21.1 Å². The van der Waals surface area contributed by atoms with E-state index in [2.05, 4.69) is 21.1 Å². The van der Waals surface area contributed by atoms with E-state index in [1.807, 2.05) is 0 Å². The van der Waals surface area contributed by atoms with Crippen molar-refractivity contribution in [3.63, 3.8) is 0 Å². The Labute approximate surface area is 62.3 Å². The predicted molar refractivity (Wildman–Crippen MR) is 42.5 cm³/mol. The summed E-state index contributed by atoms with van der Waals surface area (Å²) in [7, 11) is 6.17. The molecule has 0 aromatic heterocycles. The molecule has 0 atom stereocenters. The Bertz CT molecular complexity index is 39.4. The summed E-state index contributed by atoms with van der Waals surface area (Å²) in [5.74, 6) is 0. The largest absolute Gasteiger partial charge is 0.319 e. The topological polar surface area (TPSA) is 26.0 Å². The molecule has 0 aliphatic rings. The lowest BCUT2D eigenvalue weighted by atomic mass is 10.7. The lowest BCUT2D eigenvalue weighted by Crippen LogP contribution is -2.39. The van der Waals surface area contributed by atoms with Crippen LogP contribution in [0.25, 0.3) is 0 Å². The number of nitrogens with zero attached hydrogens (tertiary/aromatic N) is 1. The fourth-order valence-corrected chi connectivity index (χ4v) is 0. The van der Waals surface area contributed by atoms with Crippen LogP contribution in [0.3, 0.4) is 0 Å². The van der Waals surface area contributed by atoms with Gasteiger partial charge in [0.15, 0.2) is 0 Å². The Morgan fingerprint density at radius 3 is 1.43 bits per heavy atom. The molecule has 0 unspecified atom stereocenters. The molecule has 0 fully saturated rings. The van der Waals surface area contributed by atoms with Crippen molar-refractivity contribution in [3.8, 4) is 0 Å². The van der Waals surface area contributed by atoms with E-state index in [0.29, 0.717) is 6.67 Å². The van der Waals surface area contributed by atoms with Gasteiger partial charge in [-0.2, -0.15) is 0 Å². The molecule has 7 heavy (non-hydrogen) atoms. The number of quaternary nitrogens is 1. The third-order valence-electron chi connectivity index (χ3n) is 0.548. The van der Waals surface area contributed by atoms with Crippen molar-refractivity contribution in [1.82, 2.24) is 0 Å². The van der Waals surface area contributed by atoms with Crippen LogP contribution in [0.4, 0.5) is 0 Å². The van der Waals surface area contributed by atoms with Crippen molar-refractivity contribution >= 4 is 24.0 Å². The smallest absolute Gasteiger partial charge is 0.129 e. The van der Waals surface area contributed by atoms with Crippen LogP contribution in [-0.2, 0) is 0 Å². The van der Waals surface area contributed by atoms with Gasteiger partial charge in [0.2, 0.25) is 0 Å². The molecule has 2 N–H and O–H groups in total. The Morgan fingerprint density at radius 1 is 1.29 bits per heavy atom. The summed E-state index contributed by atoms with van der Waals surface area (Å²) in [6, 6.07) is 0. The Hall–Kier alpha value is 0.650. The van der Waals surface area contributed by atoms with E-state index in [-0.39, 0.29) is 24.0 Å². The molecule has 0 aromatic carbocycles. The number of halogens is 1. The Balaban J connectivity index is 0. The monoisotopic (exact) mass is 217 g/mol. The maximum atomic E-state index is 5.28. The highest BCUT2D eigenvalue weighted by atomic mass is 127. The third-order valence-corrected chi connectivity index (χ3v) is 0.548. The van der Waals surface area contributed by atoms with E-state index in [1.54, 1.807) is 0 Å². The number of hydrogen-bond donors (Lipinski definition) is 1. The third kappa shape index (κ3) is 10.8. The average Bonchev–Trinajstić information content (AvgIpc) is 1.35. The summed E-state index contributed by atoms with van der Waals surface area (Å²) in [6.45, 7) is 0.708. The molecular weight excluding hydrogens is 203 g/mol. The summed E-state index contributed by atoms with van der Waals surface area (Å²) in [5, 5.41) is 0. The van der Waals surface area contributed by atoms with Gasteiger partial charge in [0.25, 0.3) is 0 Å². The SMILES string of the molecule is C[N+](C)(C)CN.I. The van der Waals surface area contributed by atoms with Gasteiger partial charge in [-0.25, -0.2) is 0 Å². The van der Waals surface area contributed by atoms with Crippen LogP contribution in [0.1, 0.15) is 0 Å². The van der Waals surface area contributed by atoms with Crippen LogP contribution in [-0.4, -0.2) is 32.3 Å². The highest BCUT2D eigenvalue weighted by Gasteiger charge is 1.97. The van der Waals surface area contributed by atoms with E-state index < -0.39 is 0 Å². The minimum atomic E-state index is 0. The van der Waals surface area contributed by atoms with E-state index in [1.165, 1.54) is 0 Å². The first kappa shape index (κ1) is 10.6. The molecule has 0 aromatic rings.